The Morgan fingerprint density at radius 1 is 1.02 bits per heavy atom. The van der Waals surface area contributed by atoms with Gasteiger partial charge in [0.2, 0.25) is 5.91 Å². The molecule has 14 heteroatoms. The van der Waals surface area contributed by atoms with Crippen molar-refractivity contribution in [2.75, 3.05) is 5.32 Å². The summed E-state index contributed by atoms with van der Waals surface area (Å²) < 4.78 is 62.5. The summed E-state index contributed by atoms with van der Waals surface area (Å²) in [6.07, 6.45) is -2.02. The Morgan fingerprint density at radius 3 is 2.20 bits per heavy atom. The van der Waals surface area contributed by atoms with Crippen molar-refractivity contribution in [2.24, 2.45) is 11.3 Å². The van der Waals surface area contributed by atoms with Crippen LogP contribution in [0.1, 0.15) is 76.3 Å². The summed E-state index contributed by atoms with van der Waals surface area (Å²) in [6, 6.07) is 5.69. The Bertz CT molecular complexity index is 1510. The van der Waals surface area contributed by atoms with E-state index in [4.69, 9.17) is 33.1 Å². The highest BCUT2D eigenvalue weighted by Crippen LogP contribution is 2.57. The molecular formula is C32H35Cl2F5N2O5. The number of halogens is 7. The molecule has 0 aromatic heterocycles. The number of fused-ring (bicyclic) bond motifs is 2. The van der Waals surface area contributed by atoms with Gasteiger partial charge < -0.3 is 20.8 Å². The quantitative estimate of drug-likeness (QED) is 0.247. The number of carbonyl (C=O) groups is 3. The van der Waals surface area contributed by atoms with Gasteiger partial charge in [0.05, 0.1) is 22.2 Å². The average Bonchev–Trinajstić information content (AvgIpc) is 3.41. The van der Waals surface area contributed by atoms with Crippen LogP contribution in [0.5, 0.6) is 0 Å². The molecule has 2 fully saturated rings. The third-order valence-corrected chi connectivity index (χ3v) is 9.49. The van der Waals surface area contributed by atoms with Crippen molar-refractivity contribution in [3.8, 4) is 0 Å². The van der Waals surface area contributed by atoms with E-state index in [0.717, 1.165) is 12.8 Å². The van der Waals surface area contributed by atoms with Crippen LogP contribution in [0.25, 0.3) is 0 Å². The number of hydrogen-bond donors (Lipinski definition) is 4. The summed E-state index contributed by atoms with van der Waals surface area (Å²) in [7, 11) is 0. The van der Waals surface area contributed by atoms with E-state index in [1.807, 2.05) is 20.8 Å². The first-order chi connectivity index (χ1) is 21.3. The van der Waals surface area contributed by atoms with Crippen molar-refractivity contribution >= 4 is 46.5 Å². The van der Waals surface area contributed by atoms with E-state index in [9.17, 15) is 32.3 Å². The van der Waals surface area contributed by atoms with E-state index in [-0.39, 0.29) is 45.2 Å². The number of rotatable bonds is 5. The molecular weight excluding hydrogens is 658 g/mol. The minimum Gasteiger partial charge on any atom is -0.475 e. The number of ketones is 1. The average molecular weight is 694 g/mol. The molecule has 5 rings (SSSR count). The van der Waals surface area contributed by atoms with E-state index < -0.39 is 53.1 Å². The van der Waals surface area contributed by atoms with Gasteiger partial charge in [0.15, 0.2) is 5.78 Å². The molecule has 46 heavy (non-hydrogen) atoms. The van der Waals surface area contributed by atoms with Crippen molar-refractivity contribution in [1.29, 1.82) is 0 Å². The highest BCUT2D eigenvalue weighted by atomic mass is 35.5. The summed E-state index contributed by atoms with van der Waals surface area (Å²) in [5.74, 6) is -5.60. The number of carbonyl (C=O) groups excluding carboxylic acids is 2. The van der Waals surface area contributed by atoms with Crippen LogP contribution in [0.15, 0.2) is 30.3 Å². The molecule has 0 radical (unpaired) electrons. The van der Waals surface area contributed by atoms with E-state index in [1.165, 1.54) is 18.2 Å². The topological polar surface area (TPSA) is 116 Å². The fourth-order valence-corrected chi connectivity index (χ4v) is 7.32. The molecule has 4 atom stereocenters. The second kappa shape index (κ2) is 13.4. The Labute approximate surface area is 272 Å². The molecule has 1 saturated heterocycles. The van der Waals surface area contributed by atoms with Crippen molar-refractivity contribution in [1.82, 2.24) is 5.32 Å². The first-order valence-corrected chi connectivity index (χ1v) is 15.5. The first-order valence-electron chi connectivity index (χ1n) is 14.8. The number of nitrogens with one attached hydrogen (secondary N) is 2. The molecule has 1 saturated carbocycles. The number of amides is 1. The largest absolute Gasteiger partial charge is 0.490 e. The lowest BCUT2D eigenvalue weighted by Gasteiger charge is -2.38. The number of aliphatic carboxylic acids is 1. The van der Waals surface area contributed by atoms with Gasteiger partial charge >= 0.3 is 12.1 Å². The van der Waals surface area contributed by atoms with Crippen LogP contribution in [0.4, 0.5) is 27.6 Å². The minimum absolute atomic E-state index is 0.0890. The van der Waals surface area contributed by atoms with Crippen LogP contribution in [-0.4, -0.2) is 52.2 Å². The monoisotopic (exact) mass is 692 g/mol. The Hall–Kier alpha value is -2.80. The van der Waals surface area contributed by atoms with Crippen LogP contribution in [-0.2, 0) is 19.8 Å². The second-order valence-electron chi connectivity index (χ2n) is 13.4. The summed E-state index contributed by atoms with van der Waals surface area (Å²) in [5.41, 5.74) is -0.913. The number of carboxylic acids is 1. The Balaban J connectivity index is 0.000000617. The van der Waals surface area contributed by atoms with Crippen molar-refractivity contribution in [2.45, 2.75) is 95.0 Å². The zero-order valence-corrected chi connectivity index (χ0v) is 26.8. The summed E-state index contributed by atoms with van der Waals surface area (Å²) in [4.78, 5) is 37.1. The van der Waals surface area contributed by atoms with Crippen LogP contribution in [0.3, 0.4) is 0 Å². The Morgan fingerprint density at radius 2 is 1.63 bits per heavy atom. The molecule has 252 valence electrons. The van der Waals surface area contributed by atoms with Crippen LogP contribution in [0, 0.1) is 23.0 Å². The number of carboxylic acid groups (broad SMARTS) is 1. The minimum atomic E-state index is -5.08. The number of alkyl halides is 3. The van der Waals surface area contributed by atoms with Crippen LogP contribution < -0.4 is 10.6 Å². The molecule has 2 aromatic rings. The molecule has 1 spiro atoms. The molecule has 1 amide bonds. The highest BCUT2D eigenvalue weighted by molar-refractivity contribution is 6.31. The van der Waals surface area contributed by atoms with Gasteiger partial charge in [0.25, 0.3) is 0 Å². The number of aliphatic hydroxyl groups excluding tert-OH is 1. The predicted octanol–water partition coefficient (Wildman–Crippen LogP) is 7.17. The molecule has 2 heterocycles. The number of hydrogen-bond acceptors (Lipinski definition) is 5. The number of aliphatic hydroxyl groups is 1. The van der Waals surface area contributed by atoms with E-state index in [0.29, 0.717) is 30.5 Å². The lowest BCUT2D eigenvalue weighted by Crippen LogP contribution is -2.49. The normalized spacial score (nSPS) is 27.5. The highest BCUT2D eigenvalue weighted by Gasteiger charge is 2.66. The number of Topliss-reactive ketones (excluding diaryl/α,β-unsaturated/α-hetero) is 1. The second-order valence-corrected chi connectivity index (χ2v) is 14.2. The Kier molecular flexibility index (Phi) is 10.5. The van der Waals surface area contributed by atoms with Crippen molar-refractivity contribution in [3.63, 3.8) is 0 Å². The summed E-state index contributed by atoms with van der Waals surface area (Å²) >= 11 is 12.3. The van der Waals surface area contributed by atoms with Gasteiger partial charge in [-0.05, 0) is 72.8 Å². The fraction of sp³-hybridized carbons (Fsp3) is 0.531. The zero-order chi connectivity index (χ0) is 34.4. The van der Waals surface area contributed by atoms with E-state index >= 15 is 4.39 Å². The lowest BCUT2D eigenvalue weighted by atomic mass is 9.62. The molecule has 7 nitrogen and oxygen atoms in total. The number of anilines is 1. The molecule has 2 aromatic carbocycles. The smallest absolute Gasteiger partial charge is 0.475 e. The van der Waals surface area contributed by atoms with E-state index in [1.54, 1.807) is 12.1 Å². The lowest BCUT2D eigenvalue weighted by molar-refractivity contribution is -0.192. The van der Waals surface area contributed by atoms with Gasteiger partial charge in [-0.25, -0.2) is 13.6 Å². The predicted molar refractivity (Wildman–Crippen MR) is 162 cm³/mol. The van der Waals surface area contributed by atoms with Crippen LogP contribution in [0.2, 0.25) is 10.0 Å². The maximum absolute atomic E-state index is 15.8. The zero-order valence-electron chi connectivity index (χ0n) is 25.3. The standard InChI is InChI=1S/C30H34Cl2F2N2O3.C2HF3O2/c1-29(2,3)14-24-30(18-12-21(33)20(32)13-22(18)35-28(30)39)25(17-5-4-6-19(31)26(17)34)27(36-24)23(38)11-15-7-9-16(37)10-8-15;3-2(4,5)1(6)7/h4-6,12-13,15-16,24-25,27,36-37H,7-11,14H2,1-3H3,(H,35,39);(H,6,7)/t15?,16?,24-,25+,27+,30+;/m1./s1. The number of benzene rings is 2. The van der Waals surface area contributed by atoms with Crippen LogP contribution >= 0.6 is 23.2 Å². The summed E-state index contributed by atoms with van der Waals surface area (Å²) in [6.45, 7) is 6.07. The van der Waals surface area contributed by atoms with Gasteiger partial charge in [0.1, 0.15) is 17.0 Å². The maximum Gasteiger partial charge on any atom is 0.490 e. The van der Waals surface area contributed by atoms with Gasteiger partial charge in [-0.1, -0.05) is 56.1 Å². The van der Waals surface area contributed by atoms with Gasteiger partial charge in [-0.2, -0.15) is 13.2 Å². The van der Waals surface area contributed by atoms with Crippen molar-refractivity contribution in [3.05, 3.63) is 63.1 Å². The SMILES string of the molecule is CC(C)(C)C[C@H]1N[C@@H](C(=O)CC2CCC(O)CC2)[C@H](c2cccc(Cl)c2F)[C@@]12C(=O)Nc1cc(Cl)c(F)cc12.O=C(O)C(F)(F)F. The fourth-order valence-electron chi connectivity index (χ4n) is 6.98. The summed E-state index contributed by atoms with van der Waals surface area (Å²) in [5, 5.41) is 23.1. The van der Waals surface area contributed by atoms with Gasteiger partial charge in [-0.15, -0.1) is 0 Å². The van der Waals surface area contributed by atoms with E-state index in [2.05, 4.69) is 10.6 Å². The first kappa shape index (κ1) is 36.0. The third-order valence-electron chi connectivity index (χ3n) is 8.91. The van der Waals surface area contributed by atoms with Crippen molar-refractivity contribution < 1.29 is 46.5 Å². The third kappa shape index (κ3) is 7.19. The molecule has 0 unspecified atom stereocenters. The van der Waals surface area contributed by atoms with Gasteiger partial charge in [0, 0.05) is 24.1 Å². The van der Waals surface area contributed by atoms with Gasteiger partial charge in [-0.3, -0.25) is 9.59 Å². The maximum atomic E-state index is 15.8. The molecule has 4 N–H and O–H groups in total. The molecule has 1 aliphatic carbocycles. The molecule has 3 aliphatic rings. The molecule has 2 aliphatic heterocycles. The molecule has 0 bridgehead atoms.